The first-order chi connectivity index (χ1) is 8.74. The monoisotopic (exact) mass is 248 g/mol. The number of unbranched alkanes of at least 4 members (excludes halogenated alkanes) is 1. The van der Waals surface area contributed by atoms with Gasteiger partial charge in [-0.3, -0.25) is 4.98 Å². The molecule has 18 heavy (non-hydrogen) atoms. The van der Waals surface area contributed by atoms with Crippen LogP contribution in [0.15, 0.2) is 27.4 Å². The van der Waals surface area contributed by atoms with Gasteiger partial charge in [-0.05, 0) is 30.7 Å². The molecular formula is C14H20N2O2. The van der Waals surface area contributed by atoms with E-state index in [4.69, 9.17) is 4.42 Å². The number of aromatic nitrogens is 1. The van der Waals surface area contributed by atoms with E-state index in [9.17, 15) is 4.79 Å². The van der Waals surface area contributed by atoms with Crippen LogP contribution >= 0.6 is 0 Å². The Balaban J connectivity index is 2.27. The van der Waals surface area contributed by atoms with Gasteiger partial charge in [-0.25, -0.2) is 4.79 Å². The highest BCUT2D eigenvalue weighted by atomic mass is 16.4. The molecule has 0 bridgehead atoms. The van der Waals surface area contributed by atoms with Crippen LogP contribution in [0.25, 0.3) is 11.1 Å². The molecule has 4 heteroatoms. The molecule has 2 rings (SSSR count). The van der Waals surface area contributed by atoms with Crippen molar-refractivity contribution in [1.29, 1.82) is 0 Å². The minimum Gasteiger partial charge on any atom is -0.408 e. The van der Waals surface area contributed by atoms with Gasteiger partial charge in [0.2, 0.25) is 0 Å². The Bertz CT molecular complexity index is 556. The fraction of sp³-hybridized carbons (Fsp3) is 0.500. The molecule has 0 spiro atoms. The standard InChI is InChI=1S/C14H20N2O2/c1-3-5-6-11(15-4-2)10-7-8-12-13(9-10)18-14(17)16-12/h7-9,11,15H,3-6H2,1-2H3,(H,16,17). The predicted molar refractivity (Wildman–Crippen MR) is 72.8 cm³/mol. The Morgan fingerprint density at radius 3 is 2.94 bits per heavy atom. The van der Waals surface area contributed by atoms with Crippen LogP contribution in [0, 0.1) is 0 Å². The highest BCUT2D eigenvalue weighted by Gasteiger charge is 2.11. The number of oxazole rings is 1. The van der Waals surface area contributed by atoms with Crippen LogP contribution in [-0.2, 0) is 0 Å². The van der Waals surface area contributed by atoms with Gasteiger partial charge in [0.05, 0.1) is 5.52 Å². The van der Waals surface area contributed by atoms with E-state index >= 15 is 0 Å². The lowest BCUT2D eigenvalue weighted by molar-refractivity contribution is 0.493. The molecule has 2 aromatic rings. The lowest BCUT2D eigenvalue weighted by Crippen LogP contribution is -2.20. The van der Waals surface area contributed by atoms with Gasteiger partial charge in [-0.15, -0.1) is 0 Å². The van der Waals surface area contributed by atoms with Crippen LogP contribution in [0.5, 0.6) is 0 Å². The van der Waals surface area contributed by atoms with Crippen molar-refractivity contribution in [3.63, 3.8) is 0 Å². The van der Waals surface area contributed by atoms with Crippen LogP contribution in [-0.4, -0.2) is 11.5 Å². The van der Waals surface area contributed by atoms with Crippen LogP contribution in [0.1, 0.15) is 44.7 Å². The van der Waals surface area contributed by atoms with Crippen LogP contribution in [0.3, 0.4) is 0 Å². The van der Waals surface area contributed by atoms with E-state index in [1.165, 1.54) is 18.4 Å². The van der Waals surface area contributed by atoms with Crippen molar-refractivity contribution in [2.75, 3.05) is 6.54 Å². The average Bonchev–Trinajstić information content (AvgIpc) is 2.73. The molecule has 1 atom stereocenters. The maximum absolute atomic E-state index is 11.1. The van der Waals surface area contributed by atoms with Gasteiger partial charge in [-0.1, -0.05) is 32.8 Å². The molecule has 1 unspecified atom stereocenters. The Labute approximate surface area is 106 Å². The molecule has 2 N–H and O–H groups in total. The summed E-state index contributed by atoms with van der Waals surface area (Å²) < 4.78 is 5.10. The van der Waals surface area contributed by atoms with Crippen molar-refractivity contribution in [3.05, 3.63) is 34.3 Å². The number of hydrogen-bond acceptors (Lipinski definition) is 3. The number of H-pyrrole nitrogens is 1. The zero-order valence-electron chi connectivity index (χ0n) is 11.0. The Morgan fingerprint density at radius 2 is 2.22 bits per heavy atom. The second-order valence-corrected chi connectivity index (χ2v) is 4.52. The summed E-state index contributed by atoms with van der Waals surface area (Å²) in [6.45, 7) is 5.23. The third-order valence-electron chi connectivity index (χ3n) is 3.14. The lowest BCUT2D eigenvalue weighted by Gasteiger charge is -2.17. The normalized spacial score (nSPS) is 13.0. The zero-order chi connectivity index (χ0) is 13.0. The number of hydrogen-bond donors (Lipinski definition) is 2. The molecule has 0 saturated carbocycles. The first-order valence-corrected chi connectivity index (χ1v) is 6.60. The first kappa shape index (κ1) is 12.9. The minimum atomic E-state index is -0.393. The maximum atomic E-state index is 11.1. The second kappa shape index (κ2) is 5.87. The van der Waals surface area contributed by atoms with Gasteiger partial charge in [-0.2, -0.15) is 0 Å². The Hall–Kier alpha value is -1.55. The minimum absolute atomic E-state index is 0.333. The molecule has 0 saturated heterocycles. The van der Waals surface area contributed by atoms with E-state index in [2.05, 4.69) is 30.2 Å². The van der Waals surface area contributed by atoms with Crippen molar-refractivity contribution in [2.24, 2.45) is 0 Å². The van der Waals surface area contributed by atoms with Crippen LogP contribution < -0.4 is 11.1 Å². The molecule has 0 aliphatic heterocycles. The van der Waals surface area contributed by atoms with Gasteiger partial charge < -0.3 is 9.73 Å². The average molecular weight is 248 g/mol. The highest BCUT2D eigenvalue weighted by Crippen LogP contribution is 2.22. The quantitative estimate of drug-likeness (QED) is 0.826. The molecule has 0 aliphatic rings. The lowest BCUT2D eigenvalue weighted by atomic mass is 10.0. The van der Waals surface area contributed by atoms with Crippen LogP contribution in [0.4, 0.5) is 0 Å². The Morgan fingerprint density at radius 1 is 1.39 bits per heavy atom. The largest absolute Gasteiger partial charge is 0.417 e. The summed E-state index contributed by atoms with van der Waals surface area (Å²) in [4.78, 5) is 13.8. The summed E-state index contributed by atoms with van der Waals surface area (Å²) in [5.74, 6) is -0.393. The molecule has 0 radical (unpaired) electrons. The van der Waals surface area contributed by atoms with E-state index in [0.717, 1.165) is 18.5 Å². The topological polar surface area (TPSA) is 58.0 Å². The summed E-state index contributed by atoms with van der Waals surface area (Å²) >= 11 is 0. The predicted octanol–water partition coefficient (Wildman–Crippen LogP) is 2.96. The fourth-order valence-corrected chi connectivity index (χ4v) is 2.22. The zero-order valence-corrected chi connectivity index (χ0v) is 11.0. The van der Waals surface area contributed by atoms with Gasteiger partial charge in [0.15, 0.2) is 5.58 Å². The maximum Gasteiger partial charge on any atom is 0.417 e. The summed E-state index contributed by atoms with van der Waals surface area (Å²) in [6, 6.07) is 6.25. The molecule has 0 aliphatic carbocycles. The summed E-state index contributed by atoms with van der Waals surface area (Å²) in [6.07, 6.45) is 3.47. The number of rotatable bonds is 6. The molecule has 98 valence electrons. The third kappa shape index (κ3) is 2.82. The number of aromatic amines is 1. The van der Waals surface area contributed by atoms with E-state index in [-0.39, 0.29) is 0 Å². The SMILES string of the molecule is CCCCC(NCC)c1ccc2[nH]c(=O)oc2c1. The van der Waals surface area contributed by atoms with Crippen molar-refractivity contribution in [2.45, 2.75) is 39.2 Å². The Kier molecular flexibility index (Phi) is 4.20. The smallest absolute Gasteiger partial charge is 0.408 e. The van der Waals surface area contributed by atoms with E-state index < -0.39 is 5.76 Å². The van der Waals surface area contributed by atoms with Crippen molar-refractivity contribution < 1.29 is 4.42 Å². The molecule has 0 fully saturated rings. The van der Waals surface area contributed by atoms with Gasteiger partial charge in [0.25, 0.3) is 0 Å². The van der Waals surface area contributed by atoms with Crippen molar-refractivity contribution in [3.8, 4) is 0 Å². The molecule has 1 aromatic carbocycles. The third-order valence-corrected chi connectivity index (χ3v) is 3.14. The van der Waals surface area contributed by atoms with E-state index in [1.54, 1.807) is 0 Å². The fourth-order valence-electron chi connectivity index (χ4n) is 2.22. The molecule has 4 nitrogen and oxygen atoms in total. The van der Waals surface area contributed by atoms with Crippen molar-refractivity contribution in [1.82, 2.24) is 10.3 Å². The number of fused-ring (bicyclic) bond motifs is 1. The van der Waals surface area contributed by atoms with E-state index in [1.807, 2.05) is 12.1 Å². The first-order valence-electron chi connectivity index (χ1n) is 6.60. The van der Waals surface area contributed by atoms with Gasteiger partial charge in [0, 0.05) is 6.04 Å². The molecule has 1 aromatic heterocycles. The van der Waals surface area contributed by atoms with E-state index in [0.29, 0.717) is 11.6 Å². The number of nitrogens with one attached hydrogen (secondary N) is 2. The summed E-state index contributed by atoms with van der Waals surface area (Å²) in [5.41, 5.74) is 2.58. The van der Waals surface area contributed by atoms with Crippen LogP contribution in [0.2, 0.25) is 0 Å². The molecule has 0 amide bonds. The van der Waals surface area contributed by atoms with Gasteiger partial charge >= 0.3 is 5.76 Å². The van der Waals surface area contributed by atoms with Crippen molar-refractivity contribution >= 4 is 11.1 Å². The highest BCUT2D eigenvalue weighted by molar-refractivity contribution is 5.72. The second-order valence-electron chi connectivity index (χ2n) is 4.52. The molecular weight excluding hydrogens is 228 g/mol. The van der Waals surface area contributed by atoms with Gasteiger partial charge in [0.1, 0.15) is 0 Å². The number of benzene rings is 1. The summed E-state index contributed by atoms with van der Waals surface area (Å²) in [7, 11) is 0. The summed E-state index contributed by atoms with van der Waals surface area (Å²) in [5, 5.41) is 3.48. The molecule has 1 heterocycles.